The van der Waals surface area contributed by atoms with Crippen molar-refractivity contribution in [1.29, 1.82) is 0 Å². The molecule has 3 rings (SSSR count). The Kier molecular flexibility index (Phi) is 3.18. The van der Waals surface area contributed by atoms with Crippen LogP contribution in [0.4, 0.5) is 4.39 Å². The van der Waals surface area contributed by atoms with Gasteiger partial charge in [0.25, 0.3) is 0 Å². The molecule has 2 heterocycles. The fourth-order valence-corrected chi connectivity index (χ4v) is 2.60. The van der Waals surface area contributed by atoms with E-state index in [1.165, 1.54) is 6.42 Å². The summed E-state index contributed by atoms with van der Waals surface area (Å²) in [5.74, 6) is 0.0211. The summed E-state index contributed by atoms with van der Waals surface area (Å²) in [6, 6.07) is 3.48. The van der Waals surface area contributed by atoms with Crippen LogP contribution < -0.4 is 5.59 Å². The Morgan fingerprint density at radius 1 is 1.15 bits per heavy atom. The lowest BCUT2D eigenvalue weighted by Crippen LogP contribution is -2.41. The maximum Gasteiger partial charge on any atom is 0.514 e. The van der Waals surface area contributed by atoms with Crippen molar-refractivity contribution in [3.05, 3.63) is 23.6 Å². The molecule has 0 radical (unpaired) electrons. The molecule has 0 aromatic carbocycles. The Hall–Kier alpha value is -0.935. The first-order valence-electron chi connectivity index (χ1n) is 7.31. The average molecular weight is 277 g/mol. The maximum absolute atomic E-state index is 13.8. The molecule has 20 heavy (non-hydrogen) atoms. The number of rotatable bonds is 2. The number of hydrogen-bond acceptors (Lipinski definition) is 3. The van der Waals surface area contributed by atoms with Crippen molar-refractivity contribution in [2.75, 3.05) is 0 Å². The lowest BCUT2D eigenvalue weighted by atomic mass is 9.77. The van der Waals surface area contributed by atoms with E-state index in [0.717, 1.165) is 18.4 Å². The predicted molar refractivity (Wildman–Crippen MR) is 76.5 cm³/mol. The molecule has 0 bridgehead atoms. The van der Waals surface area contributed by atoms with Crippen molar-refractivity contribution < 1.29 is 13.7 Å². The van der Waals surface area contributed by atoms with Gasteiger partial charge in [0.2, 0.25) is 5.95 Å². The number of aromatic nitrogens is 1. The van der Waals surface area contributed by atoms with Gasteiger partial charge in [0.05, 0.1) is 16.8 Å². The van der Waals surface area contributed by atoms with Crippen LogP contribution >= 0.6 is 0 Å². The number of halogens is 1. The normalized spacial score (nSPS) is 24.8. The highest BCUT2D eigenvalue weighted by Crippen LogP contribution is 2.38. The molecule has 2 fully saturated rings. The molecule has 3 nitrogen and oxygen atoms in total. The minimum atomic E-state index is -0.588. The summed E-state index contributed by atoms with van der Waals surface area (Å²) in [5.41, 5.74) is 0.712. The summed E-state index contributed by atoms with van der Waals surface area (Å²) in [6.07, 6.45) is 3.49. The summed E-state index contributed by atoms with van der Waals surface area (Å²) in [7, 11) is -0.588. The van der Waals surface area contributed by atoms with Gasteiger partial charge in [-0.05, 0) is 64.2 Å². The number of nitrogens with zero attached hydrogens (tertiary/aromatic N) is 1. The standard InChI is InChI=1S/C15H21BFNO2/c1-14(2)15(3,4)20-16(19-14)12-8-11(9-13(17)18-12)10-6-5-7-10/h8-10H,5-7H2,1-4H3. The molecule has 0 atom stereocenters. The Bertz CT molecular complexity index is 513. The number of pyridine rings is 1. The van der Waals surface area contributed by atoms with Crippen molar-refractivity contribution in [3.63, 3.8) is 0 Å². The second kappa shape index (κ2) is 4.53. The molecule has 0 unspecified atom stereocenters. The van der Waals surface area contributed by atoms with Crippen LogP contribution in [0.3, 0.4) is 0 Å². The highest BCUT2D eigenvalue weighted by Gasteiger charge is 2.52. The van der Waals surface area contributed by atoms with Gasteiger partial charge < -0.3 is 9.31 Å². The van der Waals surface area contributed by atoms with Crippen molar-refractivity contribution in [1.82, 2.24) is 4.98 Å². The van der Waals surface area contributed by atoms with E-state index in [4.69, 9.17) is 9.31 Å². The monoisotopic (exact) mass is 277 g/mol. The molecule has 1 aromatic heterocycles. The zero-order chi connectivity index (χ0) is 14.5. The van der Waals surface area contributed by atoms with Gasteiger partial charge in [0, 0.05) is 0 Å². The van der Waals surface area contributed by atoms with Gasteiger partial charge in [0.1, 0.15) is 0 Å². The molecule has 1 aromatic rings. The fourth-order valence-electron chi connectivity index (χ4n) is 2.60. The number of hydrogen-bond donors (Lipinski definition) is 0. The highest BCUT2D eigenvalue weighted by molar-refractivity contribution is 6.61. The zero-order valence-corrected chi connectivity index (χ0v) is 12.6. The highest BCUT2D eigenvalue weighted by atomic mass is 19.1. The van der Waals surface area contributed by atoms with Crippen molar-refractivity contribution >= 4 is 12.7 Å². The first-order chi connectivity index (χ1) is 9.28. The van der Waals surface area contributed by atoms with Crippen LogP contribution in [-0.2, 0) is 9.31 Å². The van der Waals surface area contributed by atoms with E-state index < -0.39 is 24.3 Å². The van der Waals surface area contributed by atoms with Gasteiger partial charge in [-0.2, -0.15) is 4.39 Å². The quantitative estimate of drug-likeness (QED) is 0.615. The minimum absolute atomic E-state index is 0.428. The van der Waals surface area contributed by atoms with Crippen LogP contribution in [0.2, 0.25) is 0 Å². The second-order valence-electron chi connectivity index (χ2n) is 6.86. The summed E-state index contributed by atoms with van der Waals surface area (Å²) in [5, 5.41) is 0. The molecule has 0 amide bonds. The molecular formula is C15H21BFNO2. The molecule has 1 saturated carbocycles. The first-order valence-corrected chi connectivity index (χ1v) is 7.31. The van der Waals surface area contributed by atoms with E-state index in [-0.39, 0.29) is 0 Å². The van der Waals surface area contributed by atoms with Crippen LogP contribution in [0.25, 0.3) is 0 Å². The van der Waals surface area contributed by atoms with E-state index in [1.54, 1.807) is 6.07 Å². The van der Waals surface area contributed by atoms with Crippen LogP contribution in [0, 0.1) is 5.95 Å². The Morgan fingerprint density at radius 3 is 2.25 bits per heavy atom. The molecular weight excluding hydrogens is 256 g/mol. The first kappa shape index (κ1) is 14.0. The summed E-state index contributed by atoms with van der Waals surface area (Å²) < 4.78 is 25.6. The van der Waals surface area contributed by atoms with Gasteiger partial charge in [-0.15, -0.1) is 0 Å². The van der Waals surface area contributed by atoms with Crippen LogP contribution in [0.5, 0.6) is 0 Å². The van der Waals surface area contributed by atoms with Crippen LogP contribution in [-0.4, -0.2) is 23.3 Å². The summed E-state index contributed by atoms with van der Waals surface area (Å²) in [6.45, 7) is 7.94. The third-order valence-corrected chi connectivity index (χ3v) is 4.91. The third-order valence-electron chi connectivity index (χ3n) is 4.91. The van der Waals surface area contributed by atoms with Gasteiger partial charge in [0.15, 0.2) is 0 Å². The third kappa shape index (κ3) is 2.27. The SMILES string of the molecule is CC1(C)OB(c2cc(C3CCC3)cc(F)n2)OC1(C)C. The Labute approximate surface area is 120 Å². The van der Waals surface area contributed by atoms with Gasteiger partial charge in [-0.25, -0.2) is 4.98 Å². The van der Waals surface area contributed by atoms with E-state index in [0.29, 0.717) is 11.5 Å². The molecule has 1 aliphatic heterocycles. The largest absolute Gasteiger partial charge is 0.514 e. The molecule has 2 aliphatic rings. The van der Waals surface area contributed by atoms with E-state index in [1.807, 2.05) is 33.8 Å². The molecule has 0 N–H and O–H groups in total. The maximum atomic E-state index is 13.8. The fraction of sp³-hybridized carbons (Fsp3) is 0.667. The molecule has 1 aliphatic carbocycles. The Balaban J connectivity index is 1.89. The van der Waals surface area contributed by atoms with E-state index >= 15 is 0 Å². The lowest BCUT2D eigenvalue weighted by Gasteiger charge is -2.32. The summed E-state index contributed by atoms with van der Waals surface area (Å²) in [4.78, 5) is 3.97. The summed E-state index contributed by atoms with van der Waals surface area (Å²) >= 11 is 0. The topological polar surface area (TPSA) is 31.4 Å². The minimum Gasteiger partial charge on any atom is -0.398 e. The van der Waals surface area contributed by atoms with Crippen LogP contribution in [0.15, 0.2) is 12.1 Å². The molecule has 0 spiro atoms. The molecule has 5 heteroatoms. The van der Waals surface area contributed by atoms with Crippen molar-refractivity contribution in [3.8, 4) is 0 Å². The van der Waals surface area contributed by atoms with Gasteiger partial charge in [-0.3, -0.25) is 0 Å². The zero-order valence-electron chi connectivity index (χ0n) is 12.6. The lowest BCUT2D eigenvalue weighted by molar-refractivity contribution is 0.00578. The smallest absolute Gasteiger partial charge is 0.398 e. The Morgan fingerprint density at radius 2 is 1.75 bits per heavy atom. The molecule has 108 valence electrons. The van der Waals surface area contributed by atoms with Crippen molar-refractivity contribution in [2.24, 2.45) is 0 Å². The average Bonchev–Trinajstić information content (AvgIpc) is 2.45. The van der Waals surface area contributed by atoms with Gasteiger partial charge in [-0.1, -0.05) is 6.42 Å². The molecule has 1 saturated heterocycles. The second-order valence-corrected chi connectivity index (χ2v) is 6.86. The predicted octanol–water partition coefficient (Wildman–Crippen LogP) is 2.79. The van der Waals surface area contributed by atoms with Crippen LogP contribution in [0.1, 0.15) is 58.4 Å². The van der Waals surface area contributed by atoms with E-state index in [9.17, 15) is 4.39 Å². The van der Waals surface area contributed by atoms with Gasteiger partial charge >= 0.3 is 7.12 Å². The van der Waals surface area contributed by atoms with E-state index in [2.05, 4.69) is 4.98 Å². The van der Waals surface area contributed by atoms with Crippen molar-refractivity contribution in [2.45, 2.75) is 64.1 Å².